The number of aromatic nitrogens is 2. The number of hydrogen-bond acceptors (Lipinski definition) is 5. The number of benzene rings is 2. The van der Waals surface area contributed by atoms with Gasteiger partial charge in [0.05, 0.1) is 5.52 Å². The first kappa shape index (κ1) is 21.0. The van der Waals surface area contributed by atoms with Crippen molar-refractivity contribution in [1.29, 1.82) is 0 Å². The van der Waals surface area contributed by atoms with Gasteiger partial charge in [-0.2, -0.15) is 4.98 Å². The van der Waals surface area contributed by atoms with Crippen molar-refractivity contribution >= 4 is 28.6 Å². The molecule has 2 aromatic carbocycles. The molecule has 4 rings (SSSR count). The molecule has 1 fully saturated rings. The Kier molecular flexibility index (Phi) is 5.97. The Morgan fingerprint density at radius 1 is 0.968 bits per heavy atom. The zero-order valence-electron chi connectivity index (χ0n) is 17.5. The van der Waals surface area contributed by atoms with E-state index in [1.54, 1.807) is 31.1 Å². The highest BCUT2D eigenvalue weighted by Gasteiger charge is 2.24. The Labute approximate surface area is 179 Å². The van der Waals surface area contributed by atoms with Gasteiger partial charge in [-0.3, -0.25) is 4.79 Å². The van der Waals surface area contributed by atoms with Gasteiger partial charge in [0, 0.05) is 43.2 Å². The molecule has 0 radical (unpaired) electrons. The van der Waals surface area contributed by atoms with E-state index >= 15 is 0 Å². The van der Waals surface area contributed by atoms with Crippen molar-refractivity contribution in [2.45, 2.75) is 37.8 Å². The number of nitrogens with zero attached hydrogens (tertiary/aromatic N) is 3. The van der Waals surface area contributed by atoms with E-state index in [1.165, 1.54) is 0 Å². The molecule has 31 heavy (non-hydrogen) atoms. The van der Waals surface area contributed by atoms with E-state index < -0.39 is 11.6 Å². The van der Waals surface area contributed by atoms with E-state index in [1.807, 2.05) is 18.2 Å². The molecule has 0 unspecified atom stereocenters. The second-order valence-corrected chi connectivity index (χ2v) is 8.08. The quantitative estimate of drug-likeness (QED) is 0.643. The molecule has 1 aliphatic rings. The Balaban J connectivity index is 1.42. The highest BCUT2D eigenvalue weighted by Crippen LogP contribution is 2.28. The number of halogens is 2. The van der Waals surface area contributed by atoms with Gasteiger partial charge in [0.25, 0.3) is 5.91 Å². The Morgan fingerprint density at radius 2 is 1.61 bits per heavy atom. The van der Waals surface area contributed by atoms with Crippen LogP contribution in [0.3, 0.4) is 0 Å². The summed E-state index contributed by atoms with van der Waals surface area (Å²) in [6.07, 6.45) is 3.36. The van der Waals surface area contributed by atoms with E-state index in [0.717, 1.165) is 37.8 Å². The fourth-order valence-corrected chi connectivity index (χ4v) is 3.94. The number of fused-ring (bicyclic) bond motifs is 1. The number of amides is 1. The molecule has 6 nitrogen and oxygen atoms in total. The lowest BCUT2D eigenvalue weighted by Crippen LogP contribution is -2.40. The molecule has 1 heterocycles. The van der Waals surface area contributed by atoms with Crippen molar-refractivity contribution in [2.75, 3.05) is 24.3 Å². The molecule has 0 bridgehead atoms. The second kappa shape index (κ2) is 8.83. The number of carbonyl (C=O) groups excluding carboxylic acids is 1. The summed E-state index contributed by atoms with van der Waals surface area (Å²) in [5.74, 6) is -0.999. The lowest BCUT2D eigenvalue weighted by Gasteiger charge is -2.30. The van der Waals surface area contributed by atoms with Gasteiger partial charge in [-0.25, -0.2) is 13.8 Å². The predicted molar refractivity (Wildman–Crippen MR) is 117 cm³/mol. The monoisotopic (exact) mass is 425 g/mol. The van der Waals surface area contributed by atoms with Gasteiger partial charge in [0.2, 0.25) is 5.95 Å². The van der Waals surface area contributed by atoms with Gasteiger partial charge in [-0.15, -0.1) is 0 Å². The van der Waals surface area contributed by atoms with Crippen LogP contribution in [0.5, 0.6) is 0 Å². The van der Waals surface area contributed by atoms with Gasteiger partial charge >= 0.3 is 0 Å². The van der Waals surface area contributed by atoms with Crippen LogP contribution in [0.2, 0.25) is 0 Å². The van der Waals surface area contributed by atoms with Crippen molar-refractivity contribution < 1.29 is 13.6 Å². The number of hydrogen-bond donors (Lipinski definition) is 2. The van der Waals surface area contributed by atoms with E-state index in [2.05, 4.69) is 20.6 Å². The first-order chi connectivity index (χ1) is 14.9. The van der Waals surface area contributed by atoms with Gasteiger partial charge in [-0.1, -0.05) is 18.2 Å². The molecule has 1 amide bonds. The molecule has 0 spiro atoms. The van der Waals surface area contributed by atoms with Crippen molar-refractivity contribution in [3.63, 3.8) is 0 Å². The van der Waals surface area contributed by atoms with Crippen LogP contribution in [0.1, 0.15) is 36.0 Å². The fraction of sp³-hybridized carbons (Fsp3) is 0.348. The van der Waals surface area contributed by atoms with Crippen LogP contribution in [0.25, 0.3) is 10.9 Å². The molecule has 2 N–H and O–H groups in total. The van der Waals surface area contributed by atoms with E-state index in [0.29, 0.717) is 28.2 Å². The summed E-state index contributed by atoms with van der Waals surface area (Å²) in [6.45, 7) is 0. The third kappa shape index (κ3) is 4.73. The summed E-state index contributed by atoms with van der Waals surface area (Å²) in [5, 5.41) is 6.89. The van der Waals surface area contributed by atoms with Crippen molar-refractivity contribution in [3.05, 3.63) is 59.7 Å². The van der Waals surface area contributed by atoms with Gasteiger partial charge in [0.15, 0.2) is 11.6 Å². The molecule has 8 heteroatoms. The zero-order valence-corrected chi connectivity index (χ0v) is 17.5. The maximum atomic E-state index is 13.7. The number of carbonyl (C=O) groups is 1. The van der Waals surface area contributed by atoms with Crippen molar-refractivity contribution in [1.82, 2.24) is 15.3 Å². The van der Waals surface area contributed by atoms with Crippen LogP contribution in [0.4, 0.5) is 20.5 Å². The minimum absolute atomic E-state index is 0.0558. The molecular formula is C23H25F2N5O. The van der Waals surface area contributed by atoms with Gasteiger partial charge in [0.1, 0.15) is 5.82 Å². The van der Waals surface area contributed by atoms with Crippen LogP contribution in [-0.4, -0.2) is 42.1 Å². The molecule has 0 saturated heterocycles. The normalized spacial score (nSPS) is 18.6. The fourth-order valence-electron chi connectivity index (χ4n) is 3.94. The van der Waals surface area contributed by atoms with E-state index in [-0.39, 0.29) is 18.0 Å². The number of anilines is 2. The highest BCUT2D eigenvalue weighted by atomic mass is 19.2. The molecule has 0 atom stereocenters. The maximum Gasteiger partial charge on any atom is 0.251 e. The molecule has 162 valence electrons. The second-order valence-electron chi connectivity index (χ2n) is 8.08. The molecule has 1 aliphatic carbocycles. The lowest BCUT2D eigenvalue weighted by molar-refractivity contribution is 0.0926. The van der Waals surface area contributed by atoms with Gasteiger partial charge < -0.3 is 15.5 Å². The molecule has 3 aromatic rings. The van der Waals surface area contributed by atoms with Crippen molar-refractivity contribution in [2.24, 2.45) is 0 Å². The van der Waals surface area contributed by atoms with E-state index in [9.17, 15) is 13.6 Å². The molecular weight excluding hydrogens is 400 g/mol. The lowest BCUT2D eigenvalue weighted by atomic mass is 9.91. The van der Waals surface area contributed by atoms with Crippen LogP contribution >= 0.6 is 0 Å². The highest BCUT2D eigenvalue weighted by molar-refractivity contribution is 5.94. The minimum atomic E-state index is -0.934. The topological polar surface area (TPSA) is 70.2 Å². The Hall–Kier alpha value is -3.29. The van der Waals surface area contributed by atoms with Crippen LogP contribution in [0, 0.1) is 11.6 Å². The summed E-state index contributed by atoms with van der Waals surface area (Å²) in [7, 11) is 3.60. The summed E-state index contributed by atoms with van der Waals surface area (Å²) < 4.78 is 27.4. The largest absolute Gasteiger partial charge is 0.362 e. The minimum Gasteiger partial charge on any atom is -0.362 e. The first-order valence-electron chi connectivity index (χ1n) is 10.4. The number of nitrogens with one attached hydrogen (secondary N) is 2. The van der Waals surface area contributed by atoms with Gasteiger partial charge in [-0.05, 0) is 43.9 Å². The smallest absolute Gasteiger partial charge is 0.251 e. The van der Waals surface area contributed by atoms with Crippen LogP contribution in [0.15, 0.2) is 42.5 Å². The predicted octanol–water partition coefficient (Wildman–Crippen LogP) is 4.13. The standard InChI is InChI=1S/C23H25F2N5O/c1-30(2)21-17-12-18(24)19(25)13-20(17)28-23(29-21)27-16-10-8-15(9-11-16)26-22(31)14-6-4-3-5-7-14/h3-7,12-13,15-16H,8-11H2,1-2H3,(H,26,31)(H,27,28,29). The maximum absolute atomic E-state index is 13.7. The first-order valence-corrected chi connectivity index (χ1v) is 10.4. The Morgan fingerprint density at radius 3 is 2.29 bits per heavy atom. The van der Waals surface area contributed by atoms with Crippen LogP contribution in [-0.2, 0) is 0 Å². The molecule has 1 aromatic heterocycles. The third-order valence-corrected chi connectivity index (χ3v) is 5.57. The molecule has 1 saturated carbocycles. The average molecular weight is 425 g/mol. The van der Waals surface area contributed by atoms with Crippen molar-refractivity contribution in [3.8, 4) is 0 Å². The SMILES string of the molecule is CN(C)c1nc(NC2CCC(NC(=O)c3ccccc3)CC2)nc2cc(F)c(F)cc12. The number of rotatable bonds is 5. The summed E-state index contributed by atoms with van der Waals surface area (Å²) in [5.41, 5.74) is 1.01. The molecule has 0 aliphatic heterocycles. The Bertz CT molecular complexity index is 1080. The summed E-state index contributed by atoms with van der Waals surface area (Å²) in [4.78, 5) is 23.0. The van der Waals surface area contributed by atoms with E-state index in [4.69, 9.17) is 0 Å². The third-order valence-electron chi connectivity index (χ3n) is 5.57. The van der Waals surface area contributed by atoms with Crippen LogP contribution < -0.4 is 15.5 Å². The summed E-state index contributed by atoms with van der Waals surface area (Å²) in [6, 6.07) is 11.7. The zero-order chi connectivity index (χ0) is 22.0. The average Bonchev–Trinajstić information content (AvgIpc) is 2.76. The summed E-state index contributed by atoms with van der Waals surface area (Å²) >= 11 is 0.